The van der Waals surface area contributed by atoms with Crippen LogP contribution in [-0.4, -0.2) is 35.7 Å². The van der Waals surface area contributed by atoms with Gasteiger partial charge in [0.1, 0.15) is 0 Å². The maximum atomic E-state index is 11.3. The van der Waals surface area contributed by atoms with Crippen LogP contribution in [-0.2, 0) is 4.79 Å². The summed E-state index contributed by atoms with van der Waals surface area (Å²) in [6, 6.07) is 30.7. The van der Waals surface area contributed by atoms with Crippen molar-refractivity contribution in [3.05, 3.63) is 91.0 Å². The molecule has 0 unspecified atom stereocenters. The number of carbonyl (C=O) groups is 1. The second-order valence-corrected chi connectivity index (χ2v) is 8.87. The summed E-state index contributed by atoms with van der Waals surface area (Å²) in [6.07, 6.45) is 0.0342. The van der Waals surface area contributed by atoms with Crippen molar-refractivity contribution in [2.45, 2.75) is 6.42 Å². The predicted molar refractivity (Wildman–Crippen MR) is 111 cm³/mol. The van der Waals surface area contributed by atoms with E-state index in [-0.39, 0.29) is 25.3 Å². The molecule has 0 saturated heterocycles. The van der Waals surface area contributed by atoms with Crippen molar-refractivity contribution < 1.29 is 9.90 Å². The summed E-state index contributed by atoms with van der Waals surface area (Å²) in [5.41, 5.74) is 0. The molecule has 3 rings (SSSR count). The fraction of sp³-hybridized carbons (Fsp3) is 0.0476. The van der Waals surface area contributed by atoms with Crippen LogP contribution in [0.15, 0.2) is 91.0 Å². The van der Waals surface area contributed by atoms with Crippen molar-refractivity contribution in [2.24, 2.45) is 0 Å². The Hall–Kier alpha value is -1.97. The van der Waals surface area contributed by atoms with E-state index in [1.54, 1.807) is 0 Å². The zero-order chi connectivity index (χ0) is 16.8. The van der Waals surface area contributed by atoms with E-state index in [0.29, 0.717) is 0 Å². The number of hydrogen-bond acceptors (Lipinski definition) is 1. The minimum absolute atomic E-state index is 0. The van der Waals surface area contributed by atoms with Gasteiger partial charge < -0.3 is 5.11 Å². The van der Waals surface area contributed by atoms with E-state index in [9.17, 15) is 9.90 Å². The van der Waals surface area contributed by atoms with Crippen molar-refractivity contribution in [1.82, 2.24) is 0 Å². The third kappa shape index (κ3) is 4.17. The summed E-state index contributed by atoms with van der Waals surface area (Å²) in [6.45, 7) is -2.11. The van der Waals surface area contributed by atoms with Crippen molar-refractivity contribution in [2.75, 3.05) is 0 Å². The van der Waals surface area contributed by atoms with Gasteiger partial charge >= 0.3 is 24.8 Å². The first-order chi connectivity index (χ1) is 11.7. The first-order valence-corrected chi connectivity index (χ1v) is 9.71. The van der Waals surface area contributed by atoms with E-state index >= 15 is 0 Å². The van der Waals surface area contributed by atoms with Crippen LogP contribution in [0.1, 0.15) is 6.42 Å². The molecule has 0 radical (unpaired) electrons. The molecule has 122 valence electrons. The summed E-state index contributed by atoms with van der Waals surface area (Å²) in [4.78, 5) is 11.3. The fourth-order valence-corrected chi connectivity index (χ4v) is 6.85. The second-order valence-electron chi connectivity index (χ2n) is 5.51. The Morgan fingerprint density at radius 2 is 1.04 bits per heavy atom. The van der Waals surface area contributed by atoms with E-state index in [1.165, 1.54) is 15.9 Å². The molecule has 0 spiro atoms. The van der Waals surface area contributed by atoms with Gasteiger partial charge in [-0.25, -0.2) is 0 Å². The third-order valence-corrected chi connectivity index (χ3v) is 8.10. The molecular weight excluding hydrogens is 322 g/mol. The molecular formula is C21H20LiO2P. The molecule has 0 fully saturated rings. The quantitative estimate of drug-likeness (QED) is 0.572. The Kier molecular flexibility index (Phi) is 6.91. The SMILES string of the molecule is O=C(O)CC=P(c1ccccc1)(c1ccccc1)c1ccccc1.[LiH]. The van der Waals surface area contributed by atoms with Gasteiger partial charge in [-0.15, -0.1) is 0 Å². The Morgan fingerprint density at radius 3 is 1.32 bits per heavy atom. The van der Waals surface area contributed by atoms with E-state index in [1.807, 2.05) is 60.4 Å². The van der Waals surface area contributed by atoms with E-state index in [2.05, 4.69) is 36.4 Å². The van der Waals surface area contributed by atoms with Crippen LogP contribution >= 0.6 is 6.89 Å². The summed E-state index contributed by atoms with van der Waals surface area (Å²) >= 11 is 0. The van der Waals surface area contributed by atoms with E-state index in [4.69, 9.17) is 0 Å². The number of carboxylic acid groups (broad SMARTS) is 1. The average molecular weight is 342 g/mol. The number of aliphatic carboxylic acids is 1. The average Bonchev–Trinajstić information content (AvgIpc) is 2.65. The van der Waals surface area contributed by atoms with Crippen LogP contribution in [0.2, 0.25) is 0 Å². The summed E-state index contributed by atoms with van der Waals surface area (Å²) in [5.74, 6) is 1.21. The van der Waals surface area contributed by atoms with Crippen LogP contribution in [0.4, 0.5) is 0 Å². The van der Waals surface area contributed by atoms with Gasteiger partial charge in [0.15, 0.2) is 0 Å². The first-order valence-electron chi connectivity index (χ1n) is 7.85. The summed E-state index contributed by atoms with van der Waals surface area (Å²) in [5, 5.41) is 12.8. The number of benzene rings is 3. The molecule has 0 heterocycles. The van der Waals surface area contributed by atoms with Crippen molar-refractivity contribution >= 4 is 53.4 Å². The monoisotopic (exact) mass is 342 g/mol. The van der Waals surface area contributed by atoms with Crippen LogP contribution < -0.4 is 15.9 Å². The Balaban J connectivity index is 0.00000225. The van der Waals surface area contributed by atoms with Gasteiger partial charge in [0.2, 0.25) is 0 Å². The van der Waals surface area contributed by atoms with Gasteiger partial charge in [-0.05, 0) is 22.8 Å². The summed E-state index contributed by atoms with van der Waals surface area (Å²) < 4.78 is 0. The molecule has 0 aromatic heterocycles. The number of carboxylic acids is 1. The molecule has 4 heteroatoms. The molecule has 0 aliphatic rings. The molecule has 1 N–H and O–H groups in total. The van der Waals surface area contributed by atoms with Crippen LogP contribution in [0.25, 0.3) is 0 Å². The zero-order valence-corrected chi connectivity index (χ0v) is 14.1. The van der Waals surface area contributed by atoms with Gasteiger partial charge in [-0.1, -0.05) is 96.8 Å². The molecule has 3 aromatic rings. The summed E-state index contributed by atoms with van der Waals surface area (Å²) in [7, 11) is 0. The molecule has 0 aliphatic heterocycles. The molecule has 3 aromatic carbocycles. The maximum absolute atomic E-state index is 11.3. The van der Waals surface area contributed by atoms with E-state index in [0.717, 1.165) is 0 Å². The Labute approximate surface area is 160 Å². The van der Waals surface area contributed by atoms with Gasteiger partial charge in [-0.3, -0.25) is 4.79 Å². The van der Waals surface area contributed by atoms with Gasteiger partial charge in [-0.2, -0.15) is 0 Å². The van der Waals surface area contributed by atoms with Gasteiger partial charge in [0.05, 0.1) is 6.42 Å². The normalized spacial score (nSPS) is 10.6. The topological polar surface area (TPSA) is 37.3 Å². The molecule has 0 amide bonds. The van der Waals surface area contributed by atoms with Crippen LogP contribution in [0, 0.1) is 0 Å². The molecule has 25 heavy (non-hydrogen) atoms. The molecule has 0 bridgehead atoms. The third-order valence-electron chi connectivity index (χ3n) is 4.03. The number of hydrogen-bond donors (Lipinski definition) is 1. The first kappa shape index (κ1) is 19.4. The zero-order valence-electron chi connectivity index (χ0n) is 13.2. The fourth-order valence-electron chi connectivity index (χ4n) is 2.97. The van der Waals surface area contributed by atoms with Crippen molar-refractivity contribution in [3.8, 4) is 0 Å². The predicted octanol–water partition coefficient (Wildman–Crippen LogP) is 2.61. The second kappa shape index (κ2) is 8.93. The van der Waals surface area contributed by atoms with Crippen molar-refractivity contribution in [3.63, 3.8) is 0 Å². The molecule has 2 nitrogen and oxygen atoms in total. The molecule has 0 saturated carbocycles. The van der Waals surface area contributed by atoms with Gasteiger partial charge in [0.25, 0.3) is 0 Å². The molecule has 0 atom stereocenters. The standard InChI is InChI=1S/C21H19O2P.Li.H/c22-21(23)16-17-24(18-10-4-1-5-11-18,19-12-6-2-7-13-19)20-14-8-3-9-15-20;;/h1-15,17H,16H2,(H,22,23);;. The van der Waals surface area contributed by atoms with Crippen molar-refractivity contribution in [1.29, 1.82) is 0 Å². The van der Waals surface area contributed by atoms with Crippen LogP contribution in [0.5, 0.6) is 0 Å². The van der Waals surface area contributed by atoms with E-state index < -0.39 is 12.9 Å². The Bertz CT molecular complexity index is 759. The minimum atomic E-state index is -2.11. The van der Waals surface area contributed by atoms with Crippen LogP contribution in [0.3, 0.4) is 0 Å². The van der Waals surface area contributed by atoms with Gasteiger partial charge in [0, 0.05) is 0 Å². The Morgan fingerprint density at radius 1 is 0.720 bits per heavy atom. The molecule has 0 aliphatic carbocycles. The number of rotatable bonds is 5.